The van der Waals surface area contributed by atoms with Crippen molar-refractivity contribution in [2.75, 3.05) is 10.6 Å². The standard InChI is InChI=1S/C11H8FN3O3S/c12-6-1-2-7(9(16)17)8(5-6)14-10(18)15-11-13-3-4-19-11/h1-5H,(H,16,17)(H2,13,14,15,18). The number of anilines is 2. The Balaban J connectivity index is 2.16. The van der Waals surface area contributed by atoms with E-state index >= 15 is 0 Å². The Morgan fingerprint density at radius 2 is 2.11 bits per heavy atom. The molecule has 0 atom stereocenters. The normalized spacial score (nSPS) is 9.95. The maximum absolute atomic E-state index is 13.1. The van der Waals surface area contributed by atoms with E-state index in [1.807, 2.05) is 0 Å². The van der Waals surface area contributed by atoms with Crippen LogP contribution in [-0.4, -0.2) is 22.1 Å². The summed E-state index contributed by atoms with van der Waals surface area (Å²) in [5.74, 6) is -1.90. The molecule has 0 aliphatic heterocycles. The van der Waals surface area contributed by atoms with Gasteiger partial charge in [-0.2, -0.15) is 0 Å². The Morgan fingerprint density at radius 3 is 2.74 bits per heavy atom. The van der Waals surface area contributed by atoms with E-state index in [-0.39, 0.29) is 11.3 Å². The van der Waals surface area contributed by atoms with Crippen LogP contribution in [0.3, 0.4) is 0 Å². The molecule has 0 spiro atoms. The number of halogens is 1. The molecule has 0 radical (unpaired) electrons. The first kappa shape index (κ1) is 13.0. The van der Waals surface area contributed by atoms with E-state index in [9.17, 15) is 14.0 Å². The lowest BCUT2D eigenvalue weighted by Gasteiger charge is -2.08. The summed E-state index contributed by atoms with van der Waals surface area (Å²) in [5, 5.41) is 15.6. The minimum atomic E-state index is -1.26. The zero-order valence-electron chi connectivity index (χ0n) is 9.38. The van der Waals surface area contributed by atoms with E-state index in [2.05, 4.69) is 15.6 Å². The quantitative estimate of drug-likeness (QED) is 0.806. The van der Waals surface area contributed by atoms with Gasteiger partial charge in [-0.25, -0.2) is 19.0 Å². The maximum atomic E-state index is 13.1. The number of hydrogen-bond donors (Lipinski definition) is 3. The van der Waals surface area contributed by atoms with Crippen molar-refractivity contribution in [1.29, 1.82) is 0 Å². The van der Waals surface area contributed by atoms with Crippen molar-refractivity contribution < 1.29 is 19.1 Å². The van der Waals surface area contributed by atoms with E-state index in [4.69, 9.17) is 5.11 Å². The number of carboxylic acids is 1. The first-order valence-corrected chi connectivity index (χ1v) is 5.94. The Labute approximate surface area is 110 Å². The Kier molecular flexibility index (Phi) is 3.71. The molecule has 0 fully saturated rings. The molecule has 0 aliphatic carbocycles. The second-order valence-corrected chi connectivity index (χ2v) is 4.31. The second-order valence-electron chi connectivity index (χ2n) is 3.41. The number of amides is 2. The molecule has 0 unspecified atom stereocenters. The molecule has 98 valence electrons. The number of carbonyl (C=O) groups is 2. The van der Waals surface area contributed by atoms with Gasteiger partial charge in [0.2, 0.25) is 0 Å². The molecule has 2 aromatic rings. The third-order valence-electron chi connectivity index (χ3n) is 2.11. The molecular weight excluding hydrogens is 273 g/mol. The lowest BCUT2D eigenvalue weighted by atomic mass is 10.2. The van der Waals surface area contributed by atoms with Crippen molar-refractivity contribution >= 4 is 34.2 Å². The number of carbonyl (C=O) groups excluding carboxylic acids is 1. The molecule has 8 heteroatoms. The Morgan fingerprint density at radius 1 is 1.32 bits per heavy atom. The van der Waals surface area contributed by atoms with Crippen LogP contribution in [0.2, 0.25) is 0 Å². The summed E-state index contributed by atoms with van der Waals surface area (Å²) in [4.78, 5) is 26.4. The number of aromatic carboxylic acids is 1. The van der Waals surface area contributed by atoms with Crippen LogP contribution < -0.4 is 10.6 Å². The van der Waals surface area contributed by atoms with Gasteiger partial charge in [0.15, 0.2) is 5.13 Å². The van der Waals surface area contributed by atoms with Crippen LogP contribution in [0.1, 0.15) is 10.4 Å². The highest BCUT2D eigenvalue weighted by molar-refractivity contribution is 7.13. The first-order chi connectivity index (χ1) is 9.06. The predicted molar refractivity (Wildman–Crippen MR) is 68.1 cm³/mol. The van der Waals surface area contributed by atoms with Crippen molar-refractivity contribution in [3.63, 3.8) is 0 Å². The van der Waals surface area contributed by atoms with Gasteiger partial charge in [-0.3, -0.25) is 5.32 Å². The number of thiazole rings is 1. The minimum Gasteiger partial charge on any atom is -0.478 e. The van der Waals surface area contributed by atoms with Crippen molar-refractivity contribution in [2.24, 2.45) is 0 Å². The van der Waals surface area contributed by atoms with Crippen LogP contribution in [0.15, 0.2) is 29.8 Å². The van der Waals surface area contributed by atoms with Crippen LogP contribution in [-0.2, 0) is 0 Å². The minimum absolute atomic E-state index is 0.124. The van der Waals surface area contributed by atoms with Gasteiger partial charge in [0.1, 0.15) is 5.82 Å². The highest BCUT2D eigenvalue weighted by Gasteiger charge is 2.13. The summed E-state index contributed by atoms with van der Waals surface area (Å²) in [6, 6.07) is 2.33. The molecule has 1 aromatic heterocycles. The largest absolute Gasteiger partial charge is 0.478 e. The van der Waals surface area contributed by atoms with Crippen molar-refractivity contribution in [2.45, 2.75) is 0 Å². The zero-order chi connectivity index (χ0) is 13.8. The smallest absolute Gasteiger partial charge is 0.337 e. The van der Waals surface area contributed by atoms with Crippen LogP contribution in [0.25, 0.3) is 0 Å². The zero-order valence-corrected chi connectivity index (χ0v) is 10.2. The molecule has 0 saturated carbocycles. The second kappa shape index (κ2) is 5.44. The highest BCUT2D eigenvalue weighted by Crippen LogP contribution is 2.18. The highest BCUT2D eigenvalue weighted by atomic mass is 32.1. The molecule has 0 saturated heterocycles. The van der Waals surface area contributed by atoms with Crippen molar-refractivity contribution in [3.05, 3.63) is 41.2 Å². The van der Waals surface area contributed by atoms with E-state index in [1.54, 1.807) is 5.38 Å². The van der Waals surface area contributed by atoms with E-state index in [1.165, 1.54) is 17.5 Å². The van der Waals surface area contributed by atoms with E-state index in [0.717, 1.165) is 18.2 Å². The summed E-state index contributed by atoms with van der Waals surface area (Å²) < 4.78 is 13.1. The SMILES string of the molecule is O=C(Nc1nccs1)Nc1cc(F)ccc1C(=O)O. The van der Waals surface area contributed by atoms with Crippen molar-refractivity contribution in [3.8, 4) is 0 Å². The summed E-state index contributed by atoms with van der Waals surface area (Å²) in [5.41, 5.74) is -0.322. The van der Waals surface area contributed by atoms with E-state index < -0.39 is 17.8 Å². The molecule has 1 heterocycles. The summed E-state index contributed by atoms with van der Waals surface area (Å²) in [7, 11) is 0. The molecule has 2 amide bonds. The predicted octanol–water partition coefficient (Wildman–Crippen LogP) is 2.62. The molecule has 6 nitrogen and oxygen atoms in total. The first-order valence-electron chi connectivity index (χ1n) is 5.06. The summed E-state index contributed by atoms with van der Waals surface area (Å²) in [6.07, 6.45) is 1.51. The van der Waals surface area contributed by atoms with Gasteiger partial charge in [-0.05, 0) is 18.2 Å². The summed E-state index contributed by atoms with van der Waals surface area (Å²) >= 11 is 1.20. The number of benzene rings is 1. The fourth-order valence-corrected chi connectivity index (χ4v) is 1.87. The maximum Gasteiger partial charge on any atom is 0.337 e. The van der Waals surface area contributed by atoms with Gasteiger partial charge < -0.3 is 10.4 Å². The molecular formula is C11H8FN3O3S. The van der Waals surface area contributed by atoms with Gasteiger partial charge >= 0.3 is 12.0 Å². The van der Waals surface area contributed by atoms with Gasteiger partial charge in [-0.15, -0.1) is 11.3 Å². The fourth-order valence-electron chi connectivity index (χ4n) is 1.34. The van der Waals surface area contributed by atoms with Gasteiger partial charge in [0.05, 0.1) is 11.3 Å². The molecule has 19 heavy (non-hydrogen) atoms. The van der Waals surface area contributed by atoms with Crippen LogP contribution in [0, 0.1) is 5.82 Å². The lowest BCUT2D eigenvalue weighted by molar-refractivity contribution is 0.0698. The van der Waals surface area contributed by atoms with Gasteiger partial charge in [-0.1, -0.05) is 0 Å². The van der Waals surface area contributed by atoms with Crippen LogP contribution in [0.4, 0.5) is 20.0 Å². The number of nitrogens with zero attached hydrogens (tertiary/aromatic N) is 1. The van der Waals surface area contributed by atoms with Crippen LogP contribution in [0.5, 0.6) is 0 Å². The number of hydrogen-bond acceptors (Lipinski definition) is 4. The average Bonchev–Trinajstić information content (AvgIpc) is 2.81. The molecule has 1 aromatic carbocycles. The number of urea groups is 1. The Hall–Kier alpha value is -2.48. The molecule has 0 bridgehead atoms. The molecule has 0 aliphatic rings. The molecule has 3 N–H and O–H groups in total. The number of aromatic nitrogens is 1. The third kappa shape index (κ3) is 3.26. The fraction of sp³-hybridized carbons (Fsp3) is 0. The summed E-state index contributed by atoms with van der Waals surface area (Å²) in [6.45, 7) is 0. The lowest BCUT2D eigenvalue weighted by Crippen LogP contribution is -2.21. The number of rotatable bonds is 3. The van der Waals surface area contributed by atoms with Gasteiger partial charge in [0, 0.05) is 11.6 Å². The average molecular weight is 281 g/mol. The number of nitrogens with one attached hydrogen (secondary N) is 2. The molecule has 2 rings (SSSR count). The monoisotopic (exact) mass is 281 g/mol. The van der Waals surface area contributed by atoms with Crippen molar-refractivity contribution in [1.82, 2.24) is 4.98 Å². The third-order valence-corrected chi connectivity index (χ3v) is 2.80. The number of carboxylic acid groups (broad SMARTS) is 1. The van der Waals surface area contributed by atoms with Crippen LogP contribution >= 0.6 is 11.3 Å². The van der Waals surface area contributed by atoms with Gasteiger partial charge in [0.25, 0.3) is 0 Å². The Bertz CT molecular complexity index is 616. The van der Waals surface area contributed by atoms with E-state index in [0.29, 0.717) is 5.13 Å². The topological polar surface area (TPSA) is 91.3 Å².